The summed E-state index contributed by atoms with van der Waals surface area (Å²) in [7, 11) is -0.381. The first-order valence-corrected chi connectivity index (χ1v) is 8.34. The monoisotopic (exact) mass is 348 g/mol. The molecular formula is C17H22BFN2O4. The second-order valence-electron chi connectivity index (χ2n) is 7.46. The molecule has 0 atom stereocenters. The zero-order valence-corrected chi connectivity index (χ0v) is 14.9. The molecule has 1 aromatic rings. The van der Waals surface area contributed by atoms with Crippen LogP contribution in [0, 0.1) is 15.9 Å². The van der Waals surface area contributed by atoms with E-state index in [0.29, 0.717) is 25.2 Å². The van der Waals surface area contributed by atoms with Crippen LogP contribution in [0.4, 0.5) is 15.8 Å². The molecule has 3 rings (SSSR count). The first-order chi connectivity index (χ1) is 11.6. The fraction of sp³-hybridized carbons (Fsp3) is 0.529. The van der Waals surface area contributed by atoms with E-state index in [4.69, 9.17) is 9.31 Å². The Balaban J connectivity index is 1.72. The number of hydrogen-bond acceptors (Lipinski definition) is 5. The molecule has 0 aliphatic carbocycles. The van der Waals surface area contributed by atoms with Crippen LogP contribution in [0.15, 0.2) is 29.7 Å². The summed E-state index contributed by atoms with van der Waals surface area (Å²) in [4.78, 5) is 12.0. The summed E-state index contributed by atoms with van der Waals surface area (Å²) < 4.78 is 26.3. The summed E-state index contributed by atoms with van der Waals surface area (Å²) in [6, 6.07) is 3.75. The quantitative estimate of drug-likeness (QED) is 0.475. The lowest BCUT2D eigenvalue weighted by Crippen LogP contribution is -2.41. The molecule has 25 heavy (non-hydrogen) atoms. The van der Waals surface area contributed by atoms with Gasteiger partial charge in [0.25, 0.3) is 5.69 Å². The molecule has 0 saturated carbocycles. The molecule has 1 fully saturated rings. The number of non-ortho nitro benzene ring substituents is 1. The number of anilines is 1. The number of hydrogen-bond donors (Lipinski definition) is 0. The Kier molecular flexibility index (Phi) is 4.37. The van der Waals surface area contributed by atoms with E-state index in [1.165, 1.54) is 12.1 Å². The van der Waals surface area contributed by atoms with E-state index in [1.807, 2.05) is 38.7 Å². The van der Waals surface area contributed by atoms with Crippen LogP contribution in [0.25, 0.3) is 0 Å². The Morgan fingerprint density at radius 2 is 1.88 bits per heavy atom. The lowest BCUT2D eigenvalue weighted by Gasteiger charge is -2.32. The van der Waals surface area contributed by atoms with Gasteiger partial charge in [-0.1, -0.05) is 6.08 Å². The highest BCUT2D eigenvalue weighted by Crippen LogP contribution is 2.39. The molecule has 2 aliphatic rings. The van der Waals surface area contributed by atoms with E-state index in [1.54, 1.807) is 0 Å². The standard InChI is InChI=1S/C17H22BFN2O4/c1-16(2)17(3,4)25-18(24-16)12-7-9-20(10-8-12)15-6-5-13(21(22)23)11-14(15)19/h5-7,11H,8-10H2,1-4H3. The van der Waals surface area contributed by atoms with E-state index in [-0.39, 0.29) is 24.0 Å². The van der Waals surface area contributed by atoms with Crippen LogP contribution in [0.1, 0.15) is 34.1 Å². The molecule has 134 valence electrons. The number of benzene rings is 1. The number of nitrogens with zero attached hydrogens (tertiary/aromatic N) is 2. The Bertz CT molecular complexity index is 719. The molecule has 0 amide bonds. The number of rotatable bonds is 3. The van der Waals surface area contributed by atoms with Crippen LogP contribution in [0.3, 0.4) is 0 Å². The molecular weight excluding hydrogens is 326 g/mol. The van der Waals surface area contributed by atoms with Gasteiger partial charge in [0, 0.05) is 19.2 Å². The van der Waals surface area contributed by atoms with E-state index >= 15 is 0 Å². The summed E-state index contributed by atoms with van der Waals surface area (Å²) in [6.45, 7) is 9.15. The minimum absolute atomic E-state index is 0.244. The molecule has 0 bridgehead atoms. The number of nitro groups is 1. The maximum atomic E-state index is 14.2. The van der Waals surface area contributed by atoms with Crippen molar-refractivity contribution in [1.29, 1.82) is 0 Å². The van der Waals surface area contributed by atoms with Gasteiger partial charge in [0.2, 0.25) is 0 Å². The molecule has 8 heteroatoms. The van der Waals surface area contributed by atoms with Crippen molar-refractivity contribution in [2.24, 2.45) is 0 Å². The van der Waals surface area contributed by atoms with Crippen molar-refractivity contribution in [3.05, 3.63) is 45.7 Å². The topological polar surface area (TPSA) is 64.8 Å². The largest absolute Gasteiger partial charge is 0.490 e. The highest BCUT2D eigenvalue weighted by Gasteiger charge is 2.52. The van der Waals surface area contributed by atoms with Crippen LogP contribution in [0.5, 0.6) is 0 Å². The maximum absolute atomic E-state index is 14.2. The lowest BCUT2D eigenvalue weighted by molar-refractivity contribution is -0.385. The predicted molar refractivity (Wildman–Crippen MR) is 94.0 cm³/mol. The van der Waals surface area contributed by atoms with Crippen molar-refractivity contribution in [3.8, 4) is 0 Å². The average Bonchev–Trinajstić information content (AvgIpc) is 2.75. The van der Waals surface area contributed by atoms with Gasteiger partial charge < -0.3 is 14.2 Å². The van der Waals surface area contributed by atoms with Gasteiger partial charge in [-0.15, -0.1) is 0 Å². The maximum Gasteiger partial charge on any atom is 0.490 e. The number of halogens is 1. The normalized spacial score (nSPS) is 22.0. The zero-order chi connectivity index (χ0) is 18.4. The van der Waals surface area contributed by atoms with E-state index in [0.717, 1.165) is 11.5 Å². The first kappa shape index (κ1) is 17.9. The fourth-order valence-electron chi connectivity index (χ4n) is 2.98. The second-order valence-corrected chi connectivity index (χ2v) is 7.46. The average molecular weight is 348 g/mol. The molecule has 0 N–H and O–H groups in total. The first-order valence-electron chi connectivity index (χ1n) is 8.34. The van der Waals surface area contributed by atoms with E-state index in [2.05, 4.69) is 0 Å². The van der Waals surface area contributed by atoms with Crippen LogP contribution < -0.4 is 4.90 Å². The van der Waals surface area contributed by atoms with Crippen molar-refractivity contribution < 1.29 is 18.6 Å². The molecule has 0 spiro atoms. The third-order valence-corrected chi connectivity index (χ3v) is 5.28. The zero-order valence-electron chi connectivity index (χ0n) is 14.9. The second kappa shape index (κ2) is 6.11. The molecule has 0 radical (unpaired) electrons. The van der Waals surface area contributed by atoms with E-state index in [9.17, 15) is 14.5 Å². The van der Waals surface area contributed by atoms with Crippen LogP contribution >= 0.6 is 0 Å². The number of nitro benzene ring substituents is 1. The highest BCUT2D eigenvalue weighted by molar-refractivity contribution is 6.54. The molecule has 2 heterocycles. The van der Waals surface area contributed by atoms with Crippen LogP contribution in [-0.4, -0.2) is 36.3 Å². The van der Waals surface area contributed by atoms with E-state index < -0.39 is 10.7 Å². The van der Waals surface area contributed by atoms with Gasteiger partial charge in [-0.2, -0.15) is 0 Å². The Labute approximate surface area is 146 Å². The van der Waals surface area contributed by atoms with Gasteiger partial charge in [0.1, 0.15) is 0 Å². The Hall–Kier alpha value is -1.93. The third kappa shape index (κ3) is 3.28. The van der Waals surface area contributed by atoms with Gasteiger partial charge >= 0.3 is 7.12 Å². The molecule has 1 saturated heterocycles. The fourth-order valence-corrected chi connectivity index (χ4v) is 2.98. The van der Waals surface area contributed by atoms with Gasteiger partial charge in [-0.3, -0.25) is 10.1 Å². The van der Waals surface area contributed by atoms with Gasteiger partial charge in [-0.25, -0.2) is 4.39 Å². The van der Waals surface area contributed by atoms with Gasteiger partial charge in [0.05, 0.1) is 27.9 Å². The molecule has 0 unspecified atom stereocenters. The molecule has 0 aromatic heterocycles. The summed E-state index contributed by atoms with van der Waals surface area (Å²) in [5.74, 6) is -0.582. The predicted octanol–water partition coefficient (Wildman–Crippen LogP) is 3.50. The van der Waals surface area contributed by atoms with Gasteiger partial charge in [-0.05, 0) is 45.7 Å². The van der Waals surface area contributed by atoms with Crippen molar-refractivity contribution in [3.63, 3.8) is 0 Å². The SMILES string of the molecule is CC1(C)OB(C2=CCN(c3ccc([N+](=O)[O-])cc3F)CC2)OC1(C)C. The summed E-state index contributed by atoms with van der Waals surface area (Å²) in [6.07, 6.45) is 2.68. The molecule has 1 aromatic carbocycles. The minimum Gasteiger partial charge on any atom is -0.400 e. The van der Waals surface area contributed by atoms with Crippen molar-refractivity contribution in [2.45, 2.75) is 45.3 Å². The summed E-state index contributed by atoms with van der Waals surface area (Å²) in [5.41, 5.74) is 0.402. The molecule has 6 nitrogen and oxygen atoms in total. The van der Waals surface area contributed by atoms with Crippen molar-refractivity contribution in [2.75, 3.05) is 18.0 Å². The van der Waals surface area contributed by atoms with Crippen molar-refractivity contribution in [1.82, 2.24) is 0 Å². The summed E-state index contributed by atoms with van der Waals surface area (Å²) >= 11 is 0. The third-order valence-electron chi connectivity index (χ3n) is 5.28. The smallest absolute Gasteiger partial charge is 0.400 e. The highest BCUT2D eigenvalue weighted by atomic mass is 19.1. The van der Waals surface area contributed by atoms with Crippen molar-refractivity contribution >= 4 is 18.5 Å². The lowest BCUT2D eigenvalue weighted by atomic mass is 9.74. The minimum atomic E-state index is -0.598. The Morgan fingerprint density at radius 3 is 2.36 bits per heavy atom. The van der Waals surface area contributed by atoms with Crippen LogP contribution in [-0.2, 0) is 9.31 Å². The van der Waals surface area contributed by atoms with Crippen LogP contribution in [0.2, 0.25) is 0 Å². The molecule has 2 aliphatic heterocycles. The Morgan fingerprint density at radius 1 is 1.24 bits per heavy atom. The summed E-state index contributed by atoms with van der Waals surface area (Å²) in [5, 5.41) is 10.7. The van der Waals surface area contributed by atoms with Gasteiger partial charge in [0.15, 0.2) is 5.82 Å².